The summed E-state index contributed by atoms with van der Waals surface area (Å²) in [5.41, 5.74) is 3.14. The molecule has 1 N–H and O–H groups in total. The monoisotopic (exact) mass is 577 g/mol. The second kappa shape index (κ2) is 13.6. The van der Waals surface area contributed by atoms with Crippen LogP contribution in [0.5, 0.6) is 0 Å². The Morgan fingerprint density at radius 2 is 1.53 bits per heavy atom. The topological polar surface area (TPSA) is 76.2 Å². The van der Waals surface area contributed by atoms with Crippen molar-refractivity contribution in [3.63, 3.8) is 0 Å². The van der Waals surface area contributed by atoms with E-state index in [4.69, 9.17) is 6.42 Å². The molecule has 3 aromatic rings. The Balaban J connectivity index is 1.51. The summed E-state index contributed by atoms with van der Waals surface area (Å²) >= 11 is 0. The SMILES string of the molecule is C#CCN1CC(=O)N2[C@@H](C(C)CC)C(=O)N(CC(c3ccccc3)c3ccccc3)C[C@@H]2N1C(=O)NCc1ccccc1. The molecule has 2 aliphatic heterocycles. The van der Waals surface area contributed by atoms with Gasteiger partial charge in [-0.1, -0.05) is 117 Å². The number of nitrogens with zero attached hydrogens (tertiary/aromatic N) is 4. The minimum absolute atomic E-state index is 0.0731. The third-order valence-electron chi connectivity index (χ3n) is 8.52. The zero-order valence-corrected chi connectivity index (χ0v) is 24.8. The number of hydrogen-bond donors (Lipinski definition) is 1. The molecular formula is C35H39N5O3. The molecule has 0 bridgehead atoms. The molecule has 2 heterocycles. The summed E-state index contributed by atoms with van der Waals surface area (Å²) in [6.07, 6.45) is 5.71. The van der Waals surface area contributed by atoms with Gasteiger partial charge in [0.15, 0.2) is 0 Å². The van der Waals surface area contributed by atoms with Crippen LogP contribution in [0.3, 0.4) is 0 Å². The van der Waals surface area contributed by atoms with E-state index in [9.17, 15) is 14.4 Å². The molecule has 0 radical (unpaired) electrons. The van der Waals surface area contributed by atoms with Crippen molar-refractivity contribution in [1.29, 1.82) is 0 Å². The zero-order valence-electron chi connectivity index (χ0n) is 24.8. The normalized spacial score (nSPS) is 19.6. The number of hydrogen-bond acceptors (Lipinski definition) is 4. The van der Waals surface area contributed by atoms with E-state index < -0.39 is 12.2 Å². The number of fused-ring (bicyclic) bond motifs is 1. The number of urea groups is 1. The van der Waals surface area contributed by atoms with Crippen molar-refractivity contribution in [2.75, 3.05) is 26.2 Å². The lowest BCUT2D eigenvalue weighted by Gasteiger charge is -2.56. The number of amides is 4. The fraction of sp³-hybridized carbons (Fsp3) is 0.343. The summed E-state index contributed by atoms with van der Waals surface area (Å²) in [4.78, 5) is 45.3. The maximum atomic E-state index is 14.3. The second-order valence-electron chi connectivity index (χ2n) is 11.2. The Bertz CT molecular complexity index is 1400. The van der Waals surface area contributed by atoms with E-state index in [1.165, 1.54) is 0 Å². The van der Waals surface area contributed by atoms with Crippen LogP contribution in [0.2, 0.25) is 0 Å². The first-order valence-corrected chi connectivity index (χ1v) is 14.9. The quantitative estimate of drug-likeness (QED) is 0.385. The lowest BCUT2D eigenvalue weighted by atomic mass is 9.88. The minimum Gasteiger partial charge on any atom is -0.336 e. The lowest BCUT2D eigenvalue weighted by molar-refractivity contribution is -0.192. The van der Waals surface area contributed by atoms with Gasteiger partial charge < -0.3 is 15.1 Å². The first-order chi connectivity index (χ1) is 20.9. The fourth-order valence-corrected chi connectivity index (χ4v) is 6.14. The van der Waals surface area contributed by atoms with Gasteiger partial charge in [-0.25, -0.2) is 9.80 Å². The average Bonchev–Trinajstić information content (AvgIpc) is 3.04. The lowest BCUT2D eigenvalue weighted by Crippen LogP contribution is -2.77. The number of terminal acetylenes is 1. The van der Waals surface area contributed by atoms with Gasteiger partial charge in [0.1, 0.15) is 12.2 Å². The van der Waals surface area contributed by atoms with E-state index in [0.29, 0.717) is 19.5 Å². The maximum absolute atomic E-state index is 14.3. The fourth-order valence-electron chi connectivity index (χ4n) is 6.14. The van der Waals surface area contributed by atoms with Crippen LogP contribution in [-0.4, -0.2) is 76.0 Å². The highest BCUT2D eigenvalue weighted by atomic mass is 16.2. The number of piperazine rings is 1. The first kappa shape index (κ1) is 29.9. The molecule has 8 nitrogen and oxygen atoms in total. The van der Waals surface area contributed by atoms with Crippen LogP contribution in [0, 0.1) is 18.3 Å². The van der Waals surface area contributed by atoms with Crippen molar-refractivity contribution >= 4 is 17.8 Å². The van der Waals surface area contributed by atoms with Crippen LogP contribution in [0.4, 0.5) is 4.79 Å². The molecule has 5 rings (SSSR count). The molecule has 0 aromatic heterocycles. The highest BCUT2D eigenvalue weighted by Crippen LogP contribution is 2.33. The molecule has 1 unspecified atom stereocenters. The first-order valence-electron chi connectivity index (χ1n) is 14.9. The Morgan fingerprint density at radius 3 is 2.09 bits per heavy atom. The van der Waals surface area contributed by atoms with Crippen molar-refractivity contribution in [2.24, 2.45) is 5.92 Å². The number of rotatable bonds is 9. The van der Waals surface area contributed by atoms with Crippen LogP contribution in [0.15, 0.2) is 91.0 Å². The summed E-state index contributed by atoms with van der Waals surface area (Å²) in [5.74, 6) is 2.12. The number of nitrogens with one attached hydrogen (secondary N) is 1. The Morgan fingerprint density at radius 1 is 0.953 bits per heavy atom. The van der Waals surface area contributed by atoms with Gasteiger partial charge in [0.05, 0.1) is 19.6 Å². The summed E-state index contributed by atoms with van der Waals surface area (Å²) in [6.45, 7) is 4.94. The van der Waals surface area contributed by atoms with Gasteiger partial charge in [-0.3, -0.25) is 9.59 Å². The molecule has 0 spiro atoms. The van der Waals surface area contributed by atoms with Gasteiger partial charge in [-0.15, -0.1) is 6.42 Å². The number of hydrazine groups is 1. The number of carbonyl (C=O) groups is 3. The highest BCUT2D eigenvalue weighted by molar-refractivity contribution is 5.91. The van der Waals surface area contributed by atoms with Crippen molar-refractivity contribution in [2.45, 2.75) is 44.9 Å². The van der Waals surface area contributed by atoms with E-state index in [0.717, 1.165) is 16.7 Å². The van der Waals surface area contributed by atoms with Crippen molar-refractivity contribution in [1.82, 2.24) is 25.1 Å². The van der Waals surface area contributed by atoms with E-state index >= 15 is 0 Å². The minimum atomic E-state index is -0.700. The molecule has 0 aliphatic carbocycles. The highest BCUT2D eigenvalue weighted by Gasteiger charge is 2.52. The van der Waals surface area contributed by atoms with Gasteiger partial charge in [0.2, 0.25) is 11.8 Å². The molecular weight excluding hydrogens is 538 g/mol. The molecule has 0 saturated carbocycles. The predicted molar refractivity (Wildman–Crippen MR) is 166 cm³/mol. The smallest absolute Gasteiger partial charge is 0.334 e. The summed E-state index contributed by atoms with van der Waals surface area (Å²) in [7, 11) is 0. The van der Waals surface area contributed by atoms with Crippen LogP contribution in [0.25, 0.3) is 0 Å². The van der Waals surface area contributed by atoms with E-state index in [-0.39, 0.29) is 49.3 Å². The maximum Gasteiger partial charge on any atom is 0.334 e. The van der Waals surface area contributed by atoms with E-state index in [2.05, 4.69) is 35.5 Å². The van der Waals surface area contributed by atoms with Crippen molar-refractivity contribution in [3.8, 4) is 12.3 Å². The molecule has 3 aromatic carbocycles. The third kappa shape index (κ3) is 6.42. The summed E-state index contributed by atoms with van der Waals surface area (Å²) < 4.78 is 0. The standard InChI is InChI=1S/C35H39N5O3/c1-4-21-38-25-32(41)39-31(40(38)35(43)36-22-27-15-9-6-10-16-27)24-37(34(42)33(39)26(3)5-2)23-30(28-17-11-7-12-18-28)29-19-13-8-14-20-29/h1,6-20,26,30-31,33H,5,21-25H2,2-3H3,(H,36,43)/t26?,31-,33-/m0/s1. The van der Waals surface area contributed by atoms with Gasteiger partial charge in [-0.2, -0.15) is 5.01 Å². The van der Waals surface area contributed by atoms with Crippen molar-refractivity contribution in [3.05, 3.63) is 108 Å². The summed E-state index contributed by atoms with van der Waals surface area (Å²) in [5, 5.41) is 6.21. The molecule has 2 aliphatic rings. The van der Waals surface area contributed by atoms with Crippen LogP contribution < -0.4 is 5.32 Å². The number of carbonyl (C=O) groups excluding carboxylic acids is 3. The Kier molecular flexibility index (Phi) is 9.43. The van der Waals surface area contributed by atoms with Gasteiger partial charge in [0, 0.05) is 19.0 Å². The van der Waals surface area contributed by atoms with Crippen molar-refractivity contribution < 1.29 is 14.4 Å². The third-order valence-corrected chi connectivity index (χ3v) is 8.52. The average molecular weight is 578 g/mol. The van der Waals surface area contributed by atoms with Crippen LogP contribution >= 0.6 is 0 Å². The molecule has 2 fully saturated rings. The van der Waals surface area contributed by atoms with Crippen LogP contribution in [0.1, 0.15) is 42.9 Å². The van der Waals surface area contributed by atoms with Gasteiger partial charge >= 0.3 is 6.03 Å². The molecule has 43 heavy (non-hydrogen) atoms. The van der Waals surface area contributed by atoms with E-state index in [1.807, 2.05) is 85.5 Å². The molecule has 2 saturated heterocycles. The molecule has 222 valence electrons. The molecule has 4 amide bonds. The number of benzene rings is 3. The van der Waals surface area contributed by atoms with E-state index in [1.54, 1.807) is 14.9 Å². The summed E-state index contributed by atoms with van der Waals surface area (Å²) in [6, 6.07) is 28.9. The Hall–Kier alpha value is -4.61. The molecule has 3 atom stereocenters. The predicted octanol–water partition coefficient (Wildman–Crippen LogP) is 4.31. The second-order valence-corrected chi connectivity index (χ2v) is 11.2. The largest absolute Gasteiger partial charge is 0.336 e. The van der Waals surface area contributed by atoms with Gasteiger partial charge in [-0.05, 0) is 22.6 Å². The van der Waals surface area contributed by atoms with Gasteiger partial charge in [0.25, 0.3) is 0 Å². The molecule has 8 heteroatoms. The zero-order chi connectivity index (χ0) is 30.3. The van der Waals surface area contributed by atoms with Crippen LogP contribution in [-0.2, 0) is 16.1 Å². The Labute approximate surface area is 254 Å².